The second-order valence-electron chi connectivity index (χ2n) is 3.94. The zero-order valence-corrected chi connectivity index (χ0v) is 9.77. The fourth-order valence-electron chi connectivity index (χ4n) is 1.78. The molecule has 1 aromatic rings. The highest BCUT2D eigenvalue weighted by Crippen LogP contribution is 2.29. The van der Waals surface area contributed by atoms with Gasteiger partial charge in [0, 0.05) is 5.38 Å². The summed E-state index contributed by atoms with van der Waals surface area (Å²) in [7, 11) is 0. The van der Waals surface area contributed by atoms with Crippen molar-refractivity contribution in [2.24, 2.45) is 5.92 Å². The Labute approximate surface area is 93.3 Å². The van der Waals surface area contributed by atoms with Gasteiger partial charge in [-0.3, -0.25) is 0 Å². The lowest BCUT2D eigenvalue weighted by molar-refractivity contribution is 0.135. The third-order valence-electron chi connectivity index (χ3n) is 2.69. The summed E-state index contributed by atoms with van der Waals surface area (Å²) in [6, 6.07) is 0. The van der Waals surface area contributed by atoms with Crippen LogP contribution < -0.4 is 4.74 Å². The molecule has 0 spiro atoms. The highest BCUT2D eigenvalue weighted by molar-refractivity contribution is 7.11. The molecule has 0 unspecified atom stereocenters. The predicted octanol–water partition coefficient (Wildman–Crippen LogP) is 3.75. The lowest BCUT2D eigenvalue weighted by Crippen LogP contribution is -2.22. The Balaban J connectivity index is 1.86. The SMILES string of the molecule is CC1CCC(Oc2nc(Cl)cs2)CC1. The number of nitrogens with zero attached hydrogens (tertiary/aromatic N) is 1. The van der Waals surface area contributed by atoms with Gasteiger partial charge in [0.05, 0.1) is 0 Å². The molecule has 1 aromatic heterocycles. The van der Waals surface area contributed by atoms with Gasteiger partial charge in [-0.1, -0.05) is 29.9 Å². The molecule has 2 rings (SSSR count). The molecule has 1 aliphatic rings. The second-order valence-corrected chi connectivity index (χ2v) is 5.14. The molecular formula is C10H14ClNOS. The third-order valence-corrected chi connectivity index (χ3v) is 3.74. The van der Waals surface area contributed by atoms with Gasteiger partial charge in [0.1, 0.15) is 11.3 Å². The lowest BCUT2D eigenvalue weighted by Gasteiger charge is -2.25. The molecule has 0 aromatic carbocycles. The number of hydrogen-bond acceptors (Lipinski definition) is 3. The van der Waals surface area contributed by atoms with Crippen molar-refractivity contribution in [2.45, 2.75) is 38.7 Å². The van der Waals surface area contributed by atoms with Gasteiger partial charge in [-0.2, -0.15) is 4.98 Å². The van der Waals surface area contributed by atoms with E-state index >= 15 is 0 Å². The normalized spacial score (nSPS) is 27.6. The minimum atomic E-state index is 0.355. The first-order chi connectivity index (χ1) is 6.74. The van der Waals surface area contributed by atoms with Crippen LogP contribution in [0.4, 0.5) is 0 Å². The van der Waals surface area contributed by atoms with E-state index in [0.717, 1.165) is 24.0 Å². The molecule has 4 heteroatoms. The Kier molecular flexibility index (Phi) is 3.29. The van der Waals surface area contributed by atoms with Crippen LogP contribution in [0.1, 0.15) is 32.6 Å². The molecule has 2 nitrogen and oxygen atoms in total. The fourth-order valence-corrected chi connectivity index (χ4v) is 2.64. The van der Waals surface area contributed by atoms with Crippen molar-refractivity contribution >= 4 is 22.9 Å². The van der Waals surface area contributed by atoms with Crippen molar-refractivity contribution in [3.63, 3.8) is 0 Å². The molecule has 0 radical (unpaired) electrons. The van der Waals surface area contributed by atoms with Crippen LogP contribution in [0.25, 0.3) is 0 Å². The fraction of sp³-hybridized carbons (Fsp3) is 0.700. The van der Waals surface area contributed by atoms with Gasteiger partial charge in [-0.25, -0.2) is 0 Å². The molecule has 1 heterocycles. The van der Waals surface area contributed by atoms with Crippen LogP contribution in [0.15, 0.2) is 5.38 Å². The summed E-state index contributed by atoms with van der Waals surface area (Å²) >= 11 is 7.20. The number of rotatable bonds is 2. The maximum atomic E-state index is 5.75. The molecule has 0 bridgehead atoms. The van der Waals surface area contributed by atoms with E-state index < -0.39 is 0 Å². The molecule has 1 saturated carbocycles. The van der Waals surface area contributed by atoms with E-state index in [1.807, 2.05) is 5.38 Å². The van der Waals surface area contributed by atoms with Crippen molar-refractivity contribution in [3.05, 3.63) is 10.5 Å². The van der Waals surface area contributed by atoms with Crippen LogP contribution in [0, 0.1) is 5.92 Å². The van der Waals surface area contributed by atoms with Crippen molar-refractivity contribution < 1.29 is 4.74 Å². The minimum Gasteiger partial charge on any atom is -0.467 e. The number of ether oxygens (including phenoxy) is 1. The summed E-state index contributed by atoms with van der Waals surface area (Å²) in [4.78, 5) is 4.09. The van der Waals surface area contributed by atoms with Crippen LogP contribution in [0.5, 0.6) is 5.19 Å². The Bertz CT molecular complexity index is 294. The van der Waals surface area contributed by atoms with E-state index in [1.54, 1.807) is 0 Å². The molecule has 1 fully saturated rings. The number of aromatic nitrogens is 1. The average Bonchev–Trinajstić information content (AvgIpc) is 2.56. The van der Waals surface area contributed by atoms with Gasteiger partial charge < -0.3 is 4.74 Å². The number of halogens is 1. The summed E-state index contributed by atoms with van der Waals surface area (Å²) in [6.45, 7) is 2.30. The average molecular weight is 232 g/mol. The lowest BCUT2D eigenvalue weighted by atomic mass is 9.89. The number of hydrogen-bond donors (Lipinski definition) is 0. The highest BCUT2D eigenvalue weighted by Gasteiger charge is 2.20. The Hall–Kier alpha value is -0.280. The van der Waals surface area contributed by atoms with Crippen LogP contribution in [-0.2, 0) is 0 Å². The standard InChI is InChI=1S/C10H14ClNOS/c1-7-2-4-8(5-3-7)13-10-12-9(11)6-14-10/h6-8H,2-5H2,1H3. The quantitative estimate of drug-likeness (QED) is 0.774. The molecule has 0 aliphatic heterocycles. The van der Waals surface area contributed by atoms with Gasteiger partial charge in [-0.05, 0) is 31.6 Å². The van der Waals surface area contributed by atoms with E-state index in [9.17, 15) is 0 Å². The maximum Gasteiger partial charge on any atom is 0.274 e. The predicted molar refractivity (Wildman–Crippen MR) is 59.2 cm³/mol. The van der Waals surface area contributed by atoms with Gasteiger partial charge in [0.25, 0.3) is 5.19 Å². The summed E-state index contributed by atoms with van der Waals surface area (Å²) in [6.07, 6.45) is 5.19. The van der Waals surface area contributed by atoms with Crippen LogP contribution in [0.3, 0.4) is 0 Å². The topological polar surface area (TPSA) is 22.1 Å². The van der Waals surface area contributed by atoms with Crippen LogP contribution in [0.2, 0.25) is 5.15 Å². The molecule has 0 N–H and O–H groups in total. The summed E-state index contributed by atoms with van der Waals surface area (Å²) < 4.78 is 5.75. The van der Waals surface area contributed by atoms with Crippen molar-refractivity contribution in [1.82, 2.24) is 4.98 Å². The first-order valence-corrected chi connectivity index (χ1v) is 6.27. The summed E-state index contributed by atoms with van der Waals surface area (Å²) in [5.74, 6) is 0.856. The van der Waals surface area contributed by atoms with Crippen LogP contribution in [-0.4, -0.2) is 11.1 Å². The smallest absolute Gasteiger partial charge is 0.274 e. The van der Waals surface area contributed by atoms with Gasteiger partial charge >= 0.3 is 0 Å². The highest BCUT2D eigenvalue weighted by atomic mass is 35.5. The van der Waals surface area contributed by atoms with Crippen molar-refractivity contribution in [1.29, 1.82) is 0 Å². The Morgan fingerprint density at radius 3 is 2.71 bits per heavy atom. The van der Waals surface area contributed by atoms with E-state index in [1.165, 1.54) is 24.2 Å². The molecule has 0 atom stereocenters. The molecule has 0 amide bonds. The first kappa shape index (κ1) is 10.2. The van der Waals surface area contributed by atoms with E-state index in [-0.39, 0.29) is 0 Å². The first-order valence-electron chi connectivity index (χ1n) is 5.01. The Morgan fingerprint density at radius 2 is 2.14 bits per heavy atom. The van der Waals surface area contributed by atoms with Gasteiger partial charge in [-0.15, -0.1) is 0 Å². The van der Waals surface area contributed by atoms with E-state index in [0.29, 0.717) is 11.3 Å². The van der Waals surface area contributed by atoms with Gasteiger partial charge in [0.2, 0.25) is 0 Å². The number of thiazole rings is 1. The minimum absolute atomic E-state index is 0.355. The van der Waals surface area contributed by atoms with E-state index in [2.05, 4.69) is 11.9 Å². The molecule has 0 saturated heterocycles. The molecule has 1 aliphatic carbocycles. The molecule has 14 heavy (non-hydrogen) atoms. The Morgan fingerprint density at radius 1 is 1.43 bits per heavy atom. The van der Waals surface area contributed by atoms with Gasteiger partial charge in [0.15, 0.2) is 0 Å². The second kappa shape index (κ2) is 4.49. The third kappa shape index (κ3) is 2.61. The summed E-state index contributed by atoms with van der Waals surface area (Å²) in [5.41, 5.74) is 0. The van der Waals surface area contributed by atoms with E-state index in [4.69, 9.17) is 16.3 Å². The zero-order valence-electron chi connectivity index (χ0n) is 8.20. The largest absolute Gasteiger partial charge is 0.467 e. The summed E-state index contributed by atoms with van der Waals surface area (Å²) in [5, 5.41) is 3.06. The molecule has 78 valence electrons. The van der Waals surface area contributed by atoms with Crippen molar-refractivity contribution in [2.75, 3.05) is 0 Å². The van der Waals surface area contributed by atoms with Crippen LogP contribution >= 0.6 is 22.9 Å². The van der Waals surface area contributed by atoms with Crippen molar-refractivity contribution in [3.8, 4) is 5.19 Å². The molecular weight excluding hydrogens is 218 g/mol. The zero-order chi connectivity index (χ0) is 9.97. The monoisotopic (exact) mass is 231 g/mol. The maximum absolute atomic E-state index is 5.75.